The van der Waals surface area contributed by atoms with Crippen LogP contribution in [0.4, 0.5) is 0 Å². The second-order valence-corrected chi connectivity index (χ2v) is 4.66. The molecule has 0 bridgehead atoms. The number of esters is 1. The van der Waals surface area contributed by atoms with Crippen LogP contribution in [0.1, 0.15) is 10.4 Å². The van der Waals surface area contributed by atoms with Crippen LogP contribution in [0, 0.1) is 0 Å². The first-order chi connectivity index (χ1) is 10.6. The van der Waals surface area contributed by atoms with Gasteiger partial charge in [-0.05, 0) is 30.3 Å². The molecular formula is C16H15ClO5. The number of carbonyl (C=O) groups excluding carboxylic acids is 1. The van der Waals surface area contributed by atoms with Crippen molar-refractivity contribution >= 4 is 17.6 Å². The molecule has 0 unspecified atom stereocenters. The van der Waals surface area contributed by atoms with Crippen LogP contribution in [0.2, 0.25) is 5.02 Å². The zero-order valence-corrected chi connectivity index (χ0v) is 13.1. The largest absolute Gasteiger partial charge is 0.496 e. The van der Waals surface area contributed by atoms with Crippen molar-refractivity contribution in [2.45, 2.75) is 0 Å². The van der Waals surface area contributed by atoms with E-state index < -0.39 is 5.97 Å². The van der Waals surface area contributed by atoms with Gasteiger partial charge in [0.1, 0.15) is 11.3 Å². The fourth-order valence-electron chi connectivity index (χ4n) is 1.91. The highest BCUT2D eigenvalue weighted by molar-refractivity contribution is 6.31. The van der Waals surface area contributed by atoms with Crippen LogP contribution in [-0.4, -0.2) is 27.3 Å². The van der Waals surface area contributed by atoms with Gasteiger partial charge < -0.3 is 18.9 Å². The van der Waals surface area contributed by atoms with Crippen molar-refractivity contribution < 1.29 is 23.7 Å². The summed E-state index contributed by atoms with van der Waals surface area (Å²) in [6.45, 7) is 0. The molecule has 0 saturated heterocycles. The third-order valence-electron chi connectivity index (χ3n) is 2.96. The van der Waals surface area contributed by atoms with E-state index in [2.05, 4.69) is 0 Å². The number of ether oxygens (including phenoxy) is 4. The molecule has 0 aromatic heterocycles. The highest BCUT2D eigenvalue weighted by Gasteiger charge is 2.20. The van der Waals surface area contributed by atoms with Gasteiger partial charge in [0.15, 0.2) is 11.5 Å². The molecule has 22 heavy (non-hydrogen) atoms. The fraction of sp³-hybridized carbons (Fsp3) is 0.188. The Balaban J connectivity index is 2.39. The molecule has 0 heterocycles. The SMILES string of the molecule is COc1ccc(Cl)cc1C(=O)Oc1c(OC)cccc1OC. The number of halogens is 1. The Bertz CT molecular complexity index is 662. The Morgan fingerprint density at radius 2 is 1.50 bits per heavy atom. The molecule has 0 saturated carbocycles. The molecule has 0 spiro atoms. The lowest BCUT2D eigenvalue weighted by Crippen LogP contribution is -2.11. The van der Waals surface area contributed by atoms with E-state index in [0.29, 0.717) is 22.3 Å². The molecule has 2 aromatic carbocycles. The molecule has 116 valence electrons. The van der Waals surface area contributed by atoms with E-state index >= 15 is 0 Å². The number of carbonyl (C=O) groups is 1. The summed E-state index contributed by atoms with van der Waals surface area (Å²) in [6.07, 6.45) is 0. The van der Waals surface area contributed by atoms with Crippen molar-refractivity contribution in [3.63, 3.8) is 0 Å². The predicted molar refractivity (Wildman–Crippen MR) is 82.5 cm³/mol. The maximum Gasteiger partial charge on any atom is 0.347 e. The molecule has 2 aromatic rings. The van der Waals surface area contributed by atoms with Crippen molar-refractivity contribution in [2.24, 2.45) is 0 Å². The Hall–Kier alpha value is -2.40. The van der Waals surface area contributed by atoms with E-state index in [9.17, 15) is 4.79 Å². The van der Waals surface area contributed by atoms with Crippen LogP contribution in [0.3, 0.4) is 0 Å². The topological polar surface area (TPSA) is 54.0 Å². The molecule has 5 nitrogen and oxygen atoms in total. The van der Waals surface area contributed by atoms with Crippen molar-refractivity contribution in [1.29, 1.82) is 0 Å². The number of benzene rings is 2. The first-order valence-electron chi connectivity index (χ1n) is 6.37. The molecule has 0 amide bonds. The van der Waals surface area contributed by atoms with Gasteiger partial charge >= 0.3 is 5.97 Å². The molecule has 0 radical (unpaired) electrons. The fourth-order valence-corrected chi connectivity index (χ4v) is 2.08. The van der Waals surface area contributed by atoms with Crippen molar-refractivity contribution in [1.82, 2.24) is 0 Å². The summed E-state index contributed by atoms with van der Waals surface area (Å²) in [4.78, 5) is 12.4. The normalized spacial score (nSPS) is 10.0. The molecule has 0 aliphatic carbocycles. The predicted octanol–water partition coefficient (Wildman–Crippen LogP) is 3.59. The first-order valence-corrected chi connectivity index (χ1v) is 6.75. The van der Waals surface area contributed by atoms with Gasteiger partial charge in [-0.25, -0.2) is 4.79 Å². The lowest BCUT2D eigenvalue weighted by atomic mass is 10.2. The van der Waals surface area contributed by atoms with Crippen LogP contribution in [0.25, 0.3) is 0 Å². The summed E-state index contributed by atoms with van der Waals surface area (Å²) in [5.74, 6) is 0.701. The zero-order valence-electron chi connectivity index (χ0n) is 12.4. The van der Waals surface area contributed by atoms with E-state index in [-0.39, 0.29) is 11.3 Å². The molecule has 0 N–H and O–H groups in total. The quantitative estimate of drug-likeness (QED) is 0.622. The van der Waals surface area contributed by atoms with E-state index in [1.165, 1.54) is 27.4 Å². The lowest BCUT2D eigenvalue weighted by Gasteiger charge is -2.14. The minimum absolute atomic E-state index is 0.194. The minimum Gasteiger partial charge on any atom is -0.496 e. The Morgan fingerprint density at radius 1 is 0.909 bits per heavy atom. The monoisotopic (exact) mass is 322 g/mol. The van der Waals surface area contributed by atoms with Gasteiger partial charge in [0, 0.05) is 5.02 Å². The number of hydrogen-bond acceptors (Lipinski definition) is 5. The van der Waals surface area contributed by atoms with Gasteiger partial charge in [0.05, 0.1) is 21.3 Å². The van der Waals surface area contributed by atoms with E-state index in [0.717, 1.165) is 0 Å². The first kappa shape index (κ1) is 16.0. The summed E-state index contributed by atoms with van der Waals surface area (Å²) in [6, 6.07) is 9.76. The smallest absolute Gasteiger partial charge is 0.347 e. The van der Waals surface area contributed by atoms with Gasteiger partial charge in [-0.15, -0.1) is 0 Å². The van der Waals surface area contributed by atoms with Crippen molar-refractivity contribution in [2.75, 3.05) is 21.3 Å². The van der Waals surface area contributed by atoms with Crippen LogP contribution in [0.5, 0.6) is 23.0 Å². The average molecular weight is 323 g/mol. The van der Waals surface area contributed by atoms with E-state index in [1.807, 2.05) is 0 Å². The van der Waals surface area contributed by atoms with Crippen molar-refractivity contribution in [3.8, 4) is 23.0 Å². The van der Waals surface area contributed by atoms with E-state index in [1.54, 1.807) is 30.3 Å². The molecule has 0 atom stereocenters. The summed E-state index contributed by atoms with van der Waals surface area (Å²) >= 11 is 5.93. The molecular weight excluding hydrogens is 308 g/mol. The summed E-state index contributed by atoms with van der Waals surface area (Å²) in [7, 11) is 4.42. The minimum atomic E-state index is -0.623. The Kier molecular flexibility index (Phi) is 5.12. The third-order valence-corrected chi connectivity index (χ3v) is 3.19. The molecule has 0 fully saturated rings. The third kappa shape index (κ3) is 3.26. The molecule has 6 heteroatoms. The van der Waals surface area contributed by atoms with Gasteiger partial charge in [-0.2, -0.15) is 0 Å². The number of rotatable bonds is 5. The molecule has 2 rings (SSSR count). The maximum absolute atomic E-state index is 12.4. The number of hydrogen-bond donors (Lipinski definition) is 0. The average Bonchev–Trinajstić information content (AvgIpc) is 2.54. The van der Waals surface area contributed by atoms with Gasteiger partial charge in [0.25, 0.3) is 0 Å². The second-order valence-electron chi connectivity index (χ2n) is 4.23. The Labute approximate surface area is 133 Å². The van der Waals surface area contributed by atoms with Crippen molar-refractivity contribution in [3.05, 3.63) is 47.0 Å². The standard InChI is InChI=1S/C16H15ClO5/c1-19-12-8-7-10(17)9-11(12)16(18)22-15-13(20-2)5-4-6-14(15)21-3/h4-9H,1-3H3. The maximum atomic E-state index is 12.4. The highest BCUT2D eigenvalue weighted by Crippen LogP contribution is 2.37. The summed E-state index contributed by atoms with van der Waals surface area (Å²) in [5, 5.41) is 0.403. The van der Waals surface area contributed by atoms with Gasteiger partial charge in [0.2, 0.25) is 5.75 Å². The van der Waals surface area contributed by atoms with Gasteiger partial charge in [-0.3, -0.25) is 0 Å². The lowest BCUT2D eigenvalue weighted by molar-refractivity contribution is 0.0721. The molecule has 0 aliphatic rings. The van der Waals surface area contributed by atoms with Crippen LogP contribution >= 0.6 is 11.6 Å². The van der Waals surface area contributed by atoms with Crippen LogP contribution in [0.15, 0.2) is 36.4 Å². The number of methoxy groups -OCH3 is 3. The zero-order chi connectivity index (χ0) is 16.1. The second kappa shape index (κ2) is 7.04. The Morgan fingerprint density at radius 3 is 2.05 bits per heavy atom. The van der Waals surface area contributed by atoms with Crippen LogP contribution in [-0.2, 0) is 0 Å². The van der Waals surface area contributed by atoms with Gasteiger partial charge in [-0.1, -0.05) is 17.7 Å². The number of para-hydroxylation sites is 1. The summed E-state index contributed by atoms with van der Waals surface area (Å²) in [5.41, 5.74) is 0.211. The molecule has 0 aliphatic heterocycles. The highest BCUT2D eigenvalue weighted by atomic mass is 35.5. The van der Waals surface area contributed by atoms with E-state index in [4.69, 9.17) is 30.5 Å². The van der Waals surface area contributed by atoms with Crippen LogP contribution < -0.4 is 18.9 Å². The summed E-state index contributed by atoms with van der Waals surface area (Å²) < 4.78 is 20.9.